The van der Waals surface area contributed by atoms with Crippen molar-refractivity contribution in [3.8, 4) is 17.2 Å². The number of carbonyl (C=O) groups excluding carboxylic acids is 1. The SMILES string of the molecule is O=C(CCCN1CCN(c2cccc(Cl)c2Cl)CC1)c1cc(O)c(O)c(O)c1. The first kappa shape index (κ1) is 20.6. The van der Waals surface area contributed by atoms with Gasteiger partial charge in [0.05, 0.1) is 15.7 Å². The van der Waals surface area contributed by atoms with Gasteiger partial charge in [-0.15, -0.1) is 0 Å². The van der Waals surface area contributed by atoms with Crippen LogP contribution in [0.4, 0.5) is 5.69 Å². The first-order valence-corrected chi connectivity index (χ1v) is 9.82. The molecule has 2 aromatic carbocycles. The fourth-order valence-corrected chi connectivity index (χ4v) is 3.74. The molecule has 3 rings (SSSR count). The monoisotopic (exact) mass is 424 g/mol. The van der Waals surface area contributed by atoms with Crippen LogP contribution >= 0.6 is 23.2 Å². The van der Waals surface area contributed by atoms with Crippen LogP contribution in [0.1, 0.15) is 23.2 Å². The standard InChI is InChI=1S/C20H22Cl2N2O4/c21-14-3-1-4-15(19(14)22)24-9-7-23(8-10-24)6-2-5-16(25)13-11-17(26)20(28)18(27)12-13/h1,3-4,11-12,26-28H,2,5-10H2. The minimum Gasteiger partial charge on any atom is -0.504 e. The molecule has 0 atom stereocenters. The molecule has 28 heavy (non-hydrogen) atoms. The van der Waals surface area contributed by atoms with E-state index in [0.29, 0.717) is 22.9 Å². The van der Waals surface area contributed by atoms with Gasteiger partial charge in [-0.3, -0.25) is 9.69 Å². The molecule has 0 unspecified atom stereocenters. The van der Waals surface area contributed by atoms with Crippen LogP contribution in [0.3, 0.4) is 0 Å². The number of benzene rings is 2. The molecule has 1 saturated heterocycles. The van der Waals surface area contributed by atoms with E-state index in [2.05, 4.69) is 9.80 Å². The quantitative estimate of drug-likeness (QED) is 0.481. The summed E-state index contributed by atoms with van der Waals surface area (Å²) in [5.74, 6) is -1.80. The molecule has 1 aliphatic heterocycles. The molecule has 6 nitrogen and oxygen atoms in total. The number of Topliss-reactive ketones (excluding diaryl/α,β-unsaturated/α-hetero) is 1. The van der Waals surface area contributed by atoms with E-state index < -0.39 is 17.2 Å². The van der Waals surface area contributed by atoms with Gasteiger partial charge in [0.15, 0.2) is 23.0 Å². The largest absolute Gasteiger partial charge is 0.504 e. The van der Waals surface area contributed by atoms with E-state index in [0.717, 1.165) is 38.4 Å². The number of rotatable bonds is 6. The number of phenols is 3. The lowest BCUT2D eigenvalue weighted by molar-refractivity contribution is 0.0973. The van der Waals surface area contributed by atoms with Crippen LogP contribution in [-0.4, -0.2) is 58.7 Å². The van der Waals surface area contributed by atoms with Gasteiger partial charge in [0.25, 0.3) is 0 Å². The maximum absolute atomic E-state index is 12.3. The minimum atomic E-state index is -0.616. The number of halogens is 2. The van der Waals surface area contributed by atoms with Crippen LogP contribution in [0.15, 0.2) is 30.3 Å². The number of piperazine rings is 1. The summed E-state index contributed by atoms with van der Waals surface area (Å²) in [4.78, 5) is 16.7. The zero-order valence-corrected chi connectivity index (χ0v) is 16.7. The van der Waals surface area contributed by atoms with Crippen molar-refractivity contribution in [1.82, 2.24) is 4.90 Å². The van der Waals surface area contributed by atoms with E-state index in [9.17, 15) is 20.1 Å². The van der Waals surface area contributed by atoms with Crippen molar-refractivity contribution in [3.05, 3.63) is 45.9 Å². The second-order valence-electron chi connectivity index (χ2n) is 6.79. The van der Waals surface area contributed by atoms with Gasteiger partial charge in [-0.05, 0) is 37.2 Å². The van der Waals surface area contributed by atoms with Crippen LogP contribution in [-0.2, 0) is 0 Å². The lowest BCUT2D eigenvalue weighted by atomic mass is 10.0. The van der Waals surface area contributed by atoms with E-state index in [1.54, 1.807) is 6.07 Å². The molecule has 1 heterocycles. The number of carbonyl (C=O) groups is 1. The fraction of sp³-hybridized carbons (Fsp3) is 0.350. The lowest BCUT2D eigenvalue weighted by Gasteiger charge is -2.36. The van der Waals surface area contributed by atoms with Gasteiger partial charge in [-0.25, -0.2) is 0 Å². The number of nitrogens with zero attached hydrogens (tertiary/aromatic N) is 2. The fourth-order valence-electron chi connectivity index (χ4n) is 3.32. The Labute approximate surface area is 173 Å². The molecule has 0 spiro atoms. The highest BCUT2D eigenvalue weighted by atomic mass is 35.5. The highest BCUT2D eigenvalue weighted by Crippen LogP contribution is 2.36. The molecule has 0 amide bonds. The highest BCUT2D eigenvalue weighted by Gasteiger charge is 2.20. The lowest BCUT2D eigenvalue weighted by Crippen LogP contribution is -2.46. The van der Waals surface area contributed by atoms with Crippen molar-refractivity contribution >= 4 is 34.7 Å². The molecule has 8 heteroatoms. The average molecular weight is 425 g/mol. The zero-order valence-electron chi connectivity index (χ0n) is 15.2. The number of anilines is 1. The molecule has 0 aliphatic carbocycles. The summed E-state index contributed by atoms with van der Waals surface area (Å²) in [7, 11) is 0. The Morgan fingerprint density at radius 2 is 1.64 bits per heavy atom. The second kappa shape index (κ2) is 8.90. The van der Waals surface area contributed by atoms with Crippen LogP contribution in [0.25, 0.3) is 0 Å². The van der Waals surface area contributed by atoms with Crippen molar-refractivity contribution in [1.29, 1.82) is 0 Å². The summed E-state index contributed by atoms with van der Waals surface area (Å²) in [6.07, 6.45) is 0.961. The predicted octanol–water partition coefficient (Wildman–Crippen LogP) is 3.90. The number of ketones is 1. The molecule has 3 N–H and O–H groups in total. The molecule has 0 aromatic heterocycles. The van der Waals surface area contributed by atoms with Crippen LogP contribution < -0.4 is 4.90 Å². The molecule has 2 aromatic rings. The van der Waals surface area contributed by atoms with Crippen molar-refractivity contribution in [2.75, 3.05) is 37.6 Å². The molecule has 0 saturated carbocycles. The van der Waals surface area contributed by atoms with Crippen LogP contribution in [0, 0.1) is 0 Å². The van der Waals surface area contributed by atoms with E-state index >= 15 is 0 Å². The van der Waals surface area contributed by atoms with E-state index in [4.69, 9.17) is 23.2 Å². The van der Waals surface area contributed by atoms with Gasteiger partial charge in [0.1, 0.15) is 0 Å². The van der Waals surface area contributed by atoms with E-state index in [1.807, 2.05) is 12.1 Å². The third-order valence-corrected chi connectivity index (χ3v) is 5.72. The predicted molar refractivity (Wildman–Crippen MR) is 110 cm³/mol. The first-order valence-electron chi connectivity index (χ1n) is 9.06. The zero-order chi connectivity index (χ0) is 20.3. The summed E-state index contributed by atoms with van der Waals surface area (Å²) in [6.45, 7) is 4.15. The van der Waals surface area contributed by atoms with Gasteiger partial charge < -0.3 is 20.2 Å². The van der Waals surface area contributed by atoms with Crippen molar-refractivity contribution < 1.29 is 20.1 Å². The third-order valence-electron chi connectivity index (χ3n) is 4.91. The Kier molecular flexibility index (Phi) is 6.54. The smallest absolute Gasteiger partial charge is 0.200 e. The Morgan fingerprint density at radius 1 is 1.00 bits per heavy atom. The van der Waals surface area contributed by atoms with Crippen LogP contribution in [0.5, 0.6) is 17.2 Å². The topological polar surface area (TPSA) is 84.2 Å². The number of hydrogen-bond acceptors (Lipinski definition) is 6. The molecular formula is C20H22Cl2N2O4. The number of hydrogen-bond donors (Lipinski definition) is 3. The second-order valence-corrected chi connectivity index (χ2v) is 7.58. The van der Waals surface area contributed by atoms with E-state index in [-0.39, 0.29) is 11.3 Å². The highest BCUT2D eigenvalue weighted by molar-refractivity contribution is 6.43. The maximum Gasteiger partial charge on any atom is 0.200 e. The van der Waals surface area contributed by atoms with Gasteiger partial charge in [-0.1, -0.05) is 29.3 Å². The molecule has 0 radical (unpaired) electrons. The Morgan fingerprint density at radius 3 is 2.29 bits per heavy atom. The van der Waals surface area contributed by atoms with Gasteiger partial charge in [0, 0.05) is 38.2 Å². The Bertz CT molecular complexity index is 844. The maximum atomic E-state index is 12.3. The molecular weight excluding hydrogens is 403 g/mol. The molecule has 150 valence electrons. The van der Waals surface area contributed by atoms with Crippen LogP contribution in [0.2, 0.25) is 10.0 Å². The van der Waals surface area contributed by atoms with Gasteiger partial charge in [-0.2, -0.15) is 0 Å². The van der Waals surface area contributed by atoms with Gasteiger partial charge in [0.2, 0.25) is 0 Å². The number of aromatic hydroxyl groups is 3. The van der Waals surface area contributed by atoms with Gasteiger partial charge >= 0.3 is 0 Å². The van der Waals surface area contributed by atoms with Crippen molar-refractivity contribution in [2.45, 2.75) is 12.8 Å². The average Bonchev–Trinajstić information content (AvgIpc) is 2.68. The first-order chi connectivity index (χ1) is 13.4. The molecule has 1 fully saturated rings. The Balaban J connectivity index is 1.47. The summed E-state index contributed by atoms with van der Waals surface area (Å²) in [6, 6.07) is 7.97. The van der Waals surface area contributed by atoms with Crippen molar-refractivity contribution in [2.24, 2.45) is 0 Å². The summed E-state index contributed by atoms with van der Waals surface area (Å²) in [5, 5.41) is 29.5. The normalized spacial score (nSPS) is 15.0. The molecule has 1 aliphatic rings. The van der Waals surface area contributed by atoms with Crippen molar-refractivity contribution in [3.63, 3.8) is 0 Å². The summed E-state index contributed by atoms with van der Waals surface area (Å²) < 4.78 is 0. The molecule has 0 bridgehead atoms. The summed E-state index contributed by atoms with van der Waals surface area (Å²) >= 11 is 12.4. The third kappa shape index (κ3) is 4.63. The minimum absolute atomic E-state index is 0.185. The van der Waals surface area contributed by atoms with E-state index in [1.165, 1.54) is 12.1 Å². The number of phenolic OH excluding ortho intramolecular Hbond substituents is 3. The summed E-state index contributed by atoms with van der Waals surface area (Å²) in [5.41, 5.74) is 1.13. The Hall–Kier alpha value is -2.15.